The zero-order chi connectivity index (χ0) is 14.8. The van der Waals surface area contributed by atoms with Gasteiger partial charge in [0.2, 0.25) is 10.0 Å². The molecule has 0 aliphatic heterocycles. The van der Waals surface area contributed by atoms with E-state index in [-0.39, 0.29) is 4.90 Å². The Kier molecular flexibility index (Phi) is 5.07. The Morgan fingerprint density at radius 1 is 1.35 bits per heavy atom. The summed E-state index contributed by atoms with van der Waals surface area (Å²) < 4.78 is 26.5. The molecule has 6 heteroatoms. The lowest BCUT2D eigenvalue weighted by molar-refractivity contribution is 0.387. The van der Waals surface area contributed by atoms with Crippen molar-refractivity contribution in [3.8, 4) is 0 Å². The molecule has 1 fully saturated rings. The van der Waals surface area contributed by atoms with E-state index in [9.17, 15) is 8.42 Å². The van der Waals surface area contributed by atoms with Crippen LogP contribution in [-0.4, -0.2) is 26.3 Å². The molecule has 1 aliphatic rings. The van der Waals surface area contributed by atoms with Gasteiger partial charge in [0.05, 0.1) is 4.90 Å². The molecule has 0 saturated heterocycles. The van der Waals surface area contributed by atoms with E-state index in [0.717, 1.165) is 18.4 Å². The maximum Gasteiger partial charge on any atom is 0.242 e. The molecule has 2 rings (SSSR count). The Balaban J connectivity index is 2.18. The highest BCUT2D eigenvalue weighted by Gasteiger charge is 2.25. The first-order chi connectivity index (χ1) is 9.45. The molecule has 0 bridgehead atoms. The Labute approximate surface area is 126 Å². The summed E-state index contributed by atoms with van der Waals surface area (Å²) >= 11 is 6.05. The van der Waals surface area contributed by atoms with E-state index in [1.165, 1.54) is 23.2 Å². The van der Waals surface area contributed by atoms with Crippen molar-refractivity contribution < 1.29 is 8.42 Å². The molecule has 0 radical (unpaired) electrons. The van der Waals surface area contributed by atoms with Crippen LogP contribution in [0.15, 0.2) is 23.1 Å². The molecule has 0 unspecified atom stereocenters. The topological polar surface area (TPSA) is 63.4 Å². The molecular formula is C14H21ClN2O2S. The average molecular weight is 317 g/mol. The number of nitrogens with zero attached hydrogens (tertiary/aromatic N) is 1. The van der Waals surface area contributed by atoms with Crippen LogP contribution >= 0.6 is 11.6 Å². The fourth-order valence-electron chi connectivity index (χ4n) is 2.69. The summed E-state index contributed by atoms with van der Waals surface area (Å²) in [6.45, 7) is 0.885. The third-order valence-electron chi connectivity index (χ3n) is 3.94. The molecule has 0 aromatic heterocycles. The van der Waals surface area contributed by atoms with Gasteiger partial charge in [-0.15, -0.1) is 0 Å². The predicted molar refractivity (Wildman–Crippen MR) is 81.1 cm³/mol. The van der Waals surface area contributed by atoms with Crippen LogP contribution in [0.1, 0.15) is 31.2 Å². The molecule has 0 spiro atoms. The molecule has 2 N–H and O–H groups in total. The van der Waals surface area contributed by atoms with Gasteiger partial charge >= 0.3 is 0 Å². The van der Waals surface area contributed by atoms with Crippen LogP contribution in [0.25, 0.3) is 0 Å². The summed E-state index contributed by atoms with van der Waals surface area (Å²) in [7, 11) is -1.83. The summed E-state index contributed by atoms with van der Waals surface area (Å²) in [5, 5.41) is 0.405. The van der Waals surface area contributed by atoms with Gasteiger partial charge in [-0.1, -0.05) is 30.5 Å². The van der Waals surface area contributed by atoms with Gasteiger partial charge in [-0.2, -0.15) is 0 Å². The highest BCUT2D eigenvalue weighted by molar-refractivity contribution is 7.89. The summed E-state index contributed by atoms with van der Waals surface area (Å²) in [6.07, 6.45) is 4.64. The van der Waals surface area contributed by atoms with E-state index in [4.69, 9.17) is 17.3 Å². The van der Waals surface area contributed by atoms with Crippen LogP contribution < -0.4 is 5.73 Å². The van der Waals surface area contributed by atoms with Crippen molar-refractivity contribution in [2.24, 2.45) is 11.7 Å². The van der Waals surface area contributed by atoms with E-state index >= 15 is 0 Å². The standard InChI is InChI=1S/C14H21ClN2O2S/c1-17(10-11-4-2-3-5-11)20(18,19)13-7-6-12(9-16)14(15)8-13/h6-8,11H,2-5,9-10,16H2,1H3. The third kappa shape index (κ3) is 3.34. The molecule has 0 amide bonds. The normalized spacial score (nSPS) is 17.0. The van der Waals surface area contributed by atoms with Gasteiger partial charge < -0.3 is 5.73 Å². The van der Waals surface area contributed by atoms with Gasteiger partial charge in [0.1, 0.15) is 0 Å². The second-order valence-corrected chi connectivity index (χ2v) is 7.85. The second-order valence-electron chi connectivity index (χ2n) is 5.39. The maximum atomic E-state index is 12.5. The van der Waals surface area contributed by atoms with Gasteiger partial charge in [0.25, 0.3) is 0 Å². The van der Waals surface area contributed by atoms with E-state index in [2.05, 4.69) is 0 Å². The van der Waals surface area contributed by atoms with Crippen molar-refractivity contribution >= 4 is 21.6 Å². The number of rotatable bonds is 5. The fraction of sp³-hybridized carbons (Fsp3) is 0.571. The molecule has 112 valence electrons. The number of nitrogens with two attached hydrogens (primary N) is 1. The SMILES string of the molecule is CN(CC1CCCC1)S(=O)(=O)c1ccc(CN)c(Cl)c1. The second kappa shape index (κ2) is 6.43. The lowest BCUT2D eigenvalue weighted by Gasteiger charge is -2.21. The number of hydrogen-bond donors (Lipinski definition) is 1. The predicted octanol–water partition coefficient (Wildman–Crippen LogP) is 2.61. The van der Waals surface area contributed by atoms with Crippen LogP contribution in [0.2, 0.25) is 5.02 Å². The minimum atomic E-state index is -3.47. The molecule has 1 aromatic rings. The lowest BCUT2D eigenvalue weighted by atomic mass is 10.1. The van der Waals surface area contributed by atoms with Gasteiger partial charge in [0, 0.05) is 25.2 Å². The number of sulfonamides is 1. The van der Waals surface area contributed by atoms with Gasteiger partial charge in [-0.3, -0.25) is 0 Å². The summed E-state index contributed by atoms with van der Waals surface area (Å²) in [6, 6.07) is 4.75. The molecule has 1 aromatic carbocycles. The third-order valence-corrected chi connectivity index (χ3v) is 6.11. The van der Waals surface area contributed by atoms with Crippen molar-refractivity contribution in [2.75, 3.05) is 13.6 Å². The van der Waals surface area contributed by atoms with E-state index in [0.29, 0.717) is 24.0 Å². The Morgan fingerprint density at radius 3 is 2.55 bits per heavy atom. The summed E-state index contributed by atoms with van der Waals surface area (Å²) in [4.78, 5) is 0.236. The van der Waals surface area contributed by atoms with Crippen LogP contribution in [0.5, 0.6) is 0 Å². The lowest BCUT2D eigenvalue weighted by Crippen LogP contribution is -2.31. The van der Waals surface area contributed by atoms with Crippen LogP contribution in [-0.2, 0) is 16.6 Å². The molecular weight excluding hydrogens is 296 g/mol. The van der Waals surface area contributed by atoms with Crippen molar-refractivity contribution in [3.05, 3.63) is 28.8 Å². The van der Waals surface area contributed by atoms with E-state index in [1.54, 1.807) is 19.2 Å². The maximum absolute atomic E-state index is 12.5. The zero-order valence-electron chi connectivity index (χ0n) is 11.7. The first-order valence-electron chi connectivity index (χ1n) is 6.90. The minimum Gasteiger partial charge on any atom is -0.326 e. The number of halogens is 1. The van der Waals surface area contributed by atoms with E-state index < -0.39 is 10.0 Å². The molecule has 0 atom stereocenters. The molecule has 1 aliphatic carbocycles. The molecule has 0 heterocycles. The van der Waals surface area contributed by atoms with Crippen molar-refractivity contribution in [3.63, 3.8) is 0 Å². The minimum absolute atomic E-state index is 0.236. The van der Waals surface area contributed by atoms with Crippen LogP contribution in [0.4, 0.5) is 0 Å². The van der Waals surface area contributed by atoms with Gasteiger partial charge in [0.15, 0.2) is 0 Å². The Morgan fingerprint density at radius 2 is 2.00 bits per heavy atom. The van der Waals surface area contributed by atoms with Crippen LogP contribution in [0, 0.1) is 5.92 Å². The van der Waals surface area contributed by atoms with Gasteiger partial charge in [-0.05, 0) is 36.5 Å². The molecule has 4 nitrogen and oxygen atoms in total. The highest BCUT2D eigenvalue weighted by Crippen LogP contribution is 2.28. The van der Waals surface area contributed by atoms with Gasteiger partial charge in [-0.25, -0.2) is 12.7 Å². The van der Waals surface area contributed by atoms with E-state index in [1.807, 2.05) is 0 Å². The monoisotopic (exact) mass is 316 g/mol. The average Bonchev–Trinajstić information content (AvgIpc) is 2.91. The molecule has 20 heavy (non-hydrogen) atoms. The van der Waals surface area contributed by atoms with Crippen molar-refractivity contribution in [2.45, 2.75) is 37.1 Å². The first-order valence-corrected chi connectivity index (χ1v) is 8.72. The zero-order valence-corrected chi connectivity index (χ0v) is 13.3. The largest absolute Gasteiger partial charge is 0.326 e. The molecule has 1 saturated carbocycles. The highest BCUT2D eigenvalue weighted by atomic mass is 35.5. The van der Waals surface area contributed by atoms with Crippen molar-refractivity contribution in [1.29, 1.82) is 0 Å². The number of benzene rings is 1. The first kappa shape index (κ1) is 15.8. The van der Waals surface area contributed by atoms with Crippen LogP contribution in [0.3, 0.4) is 0 Å². The summed E-state index contributed by atoms with van der Waals surface area (Å²) in [5.74, 6) is 0.480. The Hall–Kier alpha value is -0.620. The smallest absolute Gasteiger partial charge is 0.242 e. The quantitative estimate of drug-likeness (QED) is 0.908. The Bertz CT molecular complexity index is 569. The number of hydrogen-bond acceptors (Lipinski definition) is 3. The summed E-state index contributed by atoms with van der Waals surface area (Å²) in [5.41, 5.74) is 6.29. The van der Waals surface area contributed by atoms with Crippen molar-refractivity contribution in [1.82, 2.24) is 4.31 Å². The fourth-order valence-corrected chi connectivity index (χ4v) is 4.28.